The Morgan fingerprint density at radius 2 is 1.78 bits per heavy atom. The van der Waals surface area contributed by atoms with Crippen molar-refractivity contribution in [2.45, 2.75) is 39.7 Å². The van der Waals surface area contributed by atoms with Gasteiger partial charge in [0.05, 0.1) is 0 Å². The van der Waals surface area contributed by atoms with Crippen molar-refractivity contribution in [3.8, 4) is 0 Å². The molecule has 18 heavy (non-hydrogen) atoms. The minimum atomic E-state index is 0. The Morgan fingerprint density at radius 1 is 1.28 bits per heavy atom. The molecule has 0 aromatic heterocycles. The molecular formula is C14H25N2OP. The van der Waals surface area contributed by atoms with E-state index in [2.05, 4.69) is 30.0 Å². The smallest absolute Gasteiger partial charge is 0.178 e. The van der Waals surface area contributed by atoms with E-state index in [-0.39, 0.29) is 17.7 Å². The number of rotatable bonds is 4. The monoisotopic (exact) mass is 268 g/mol. The van der Waals surface area contributed by atoms with Gasteiger partial charge >= 0.3 is 0 Å². The highest BCUT2D eigenvalue weighted by molar-refractivity contribution is 7.41. The summed E-state index contributed by atoms with van der Waals surface area (Å²) in [7, 11) is 2.18. The van der Waals surface area contributed by atoms with E-state index >= 15 is 0 Å². The van der Waals surface area contributed by atoms with E-state index < -0.39 is 0 Å². The normalized spacial score (nSPS) is 12.7. The molecule has 0 saturated heterocycles. The zero-order valence-corrected chi connectivity index (χ0v) is 12.7. The SMILES string of the molecule is CC(C)(C)CCC(N)c1ccc(C(=O)P)cc1.N. The number of carbonyl (C=O) groups is 1. The first-order valence-corrected chi connectivity index (χ1v) is 6.53. The van der Waals surface area contributed by atoms with Crippen molar-refractivity contribution in [2.75, 3.05) is 0 Å². The zero-order chi connectivity index (χ0) is 13.1. The molecule has 102 valence electrons. The highest BCUT2D eigenvalue weighted by Gasteiger charge is 2.14. The van der Waals surface area contributed by atoms with Crippen LogP contribution in [0.1, 0.15) is 55.6 Å². The summed E-state index contributed by atoms with van der Waals surface area (Å²) in [6.07, 6.45) is 2.07. The van der Waals surface area contributed by atoms with E-state index in [1.165, 1.54) is 0 Å². The second-order valence-electron chi connectivity index (χ2n) is 5.69. The van der Waals surface area contributed by atoms with Gasteiger partial charge in [0.2, 0.25) is 0 Å². The predicted molar refractivity (Wildman–Crippen MR) is 81.1 cm³/mol. The van der Waals surface area contributed by atoms with Crippen LogP contribution in [-0.4, -0.2) is 5.52 Å². The first-order chi connectivity index (χ1) is 7.79. The molecule has 2 unspecified atom stereocenters. The molecule has 0 spiro atoms. The van der Waals surface area contributed by atoms with Crippen molar-refractivity contribution >= 4 is 14.8 Å². The summed E-state index contributed by atoms with van der Waals surface area (Å²) in [5, 5.41) is 0. The van der Waals surface area contributed by atoms with Gasteiger partial charge in [-0.15, -0.1) is 0 Å². The lowest BCUT2D eigenvalue weighted by Crippen LogP contribution is -2.14. The fourth-order valence-corrected chi connectivity index (χ4v) is 1.84. The summed E-state index contributed by atoms with van der Waals surface area (Å²) in [6.45, 7) is 6.65. The fourth-order valence-electron chi connectivity index (χ4n) is 1.65. The molecule has 2 atom stereocenters. The van der Waals surface area contributed by atoms with Gasteiger partial charge in [0.1, 0.15) is 0 Å². The molecule has 0 amide bonds. The van der Waals surface area contributed by atoms with Crippen LogP contribution in [0.25, 0.3) is 0 Å². The standard InChI is InChI=1S/C14H22NOP.H3N/c1-14(2,3)9-8-12(15)10-4-6-11(7-5-10)13(16)17;/h4-7,12H,8-9,15,17H2,1-3H3;1H3. The Kier molecular flexibility index (Phi) is 6.69. The van der Waals surface area contributed by atoms with E-state index in [1.54, 1.807) is 0 Å². The van der Waals surface area contributed by atoms with Gasteiger partial charge in [0, 0.05) is 11.6 Å². The Bertz CT molecular complexity index is 382. The average Bonchev–Trinajstić information content (AvgIpc) is 2.25. The van der Waals surface area contributed by atoms with E-state index in [0.29, 0.717) is 11.0 Å². The molecule has 1 rings (SSSR count). The second kappa shape index (κ2) is 6.98. The van der Waals surface area contributed by atoms with Gasteiger partial charge in [-0.3, -0.25) is 4.79 Å². The summed E-state index contributed by atoms with van der Waals surface area (Å²) < 4.78 is 0. The Morgan fingerprint density at radius 3 is 2.17 bits per heavy atom. The molecule has 0 aliphatic rings. The molecule has 0 heterocycles. The minimum absolute atomic E-state index is 0. The third-order valence-corrected chi connectivity index (χ3v) is 3.16. The van der Waals surface area contributed by atoms with Crippen LogP contribution in [0.15, 0.2) is 24.3 Å². The van der Waals surface area contributed by atoms with Gasteiger partial charge < -0.3 is 11.9 Å². The van der Waals surface area contributed by atoms with Crippen molar-refractivity contribution in [1.29, 1.82) is 0 Å². The highest BCUT2D eigenvalue weighted by atomic mass is 31.0. The van der Waals surface area contributed by atoms with Crippen LogP contribution in [0, 0.1) is 5.41 Å². The summed E-state index contributed by atoms with van der Waals surface area (Å²) in [5.74, 6) is 0. The predicted octanol–water partition coefficient (Wildman–Crippen LogP) is 3.69. The van der Waals surface area contributed by atoms with Crippen LogP contribution in [0.5, 0.6) is 0 Å². The van der Waals surface area contributed by atoms with Crippen molar-refractivity contribution in [3.63, 3.8) is 0 Å². The van der Waals surface area contributed by atoms with E-state index in [9.17, 15) is 4.79 Å². The fraction of sp³-hybridized carbons (Fsp3) is 0.500. The molecule has 4 heteroatoms. The number of hydrogen-bond donors (Lipinski definition) is 2. The Hall–Kier alpha value is -0.760. The molecule has 0 fully saturated rings. The molecule has 0 aliphatic heterocycles. The first kappa shape index (κ1) is 17.2. The third kappa shape index (κ3) is 5.72. The summed E-state index contributed by atoms with van der Waals surface area (Å²) in [6, 6.07) is 7.63. The Labute approximate surface area is 112 Å². The number of benzene rings is 1. The van der Waals surface area contributed by atoms with E-state index in [4.69, 9.17) is 5.73 Å². The maximum atomic E-state index is 11.1. The summed E-state index contributed by atoms with van der Waals surface area (Å²) in [5.41, 5.74) is 8.28. The van der Waals surface area contributed by atoms with E-state index in [1.807, 2.05) is 24.3 Å². The van der Waals surface area contributed by atoms with Crippen LogP contribution >= 0.6 is 9.24 Å². The topological polar surface area (TPSA) is 78.1 Å². The molecule has 0 aliphatic carbocycles. The maximum absolute atomic E-state index is 11.1. The van der Waals surface area contributed by atoms with Crippen molar-refractivity contribution in [1.82, 2.24) is 6.15 Å². The largest absolute Gasteiger partial charge is 0.344 e. The van der Waals surface area contributed by atoms with Crippen LogP contribution in [0.3, 0.4) is 0 Å². The molecule has 1 aromatic carbocycles. The van der Waals surface area contributed by atoms with Gasteiger partial charge in [0.15, 0.2) is 5.52 Å². The lowest BCUT2D eigenvalue weighted by atomic mass is 9.87. The molecule has 1 aromatic rings. The lowest BCUT2D eigenvalue weighted by molar-refractivity contribution is 0.108. The summed E-state index contributed by atoms with van der Waals surface area (Å²) >= 11 is 0. The highest BCUT2D eigenvalue weighted by Crippen LogP contribution is 2.26. The van der Waals surface area contributed by atoms with Gasteiger partial charge in [-0.05, 0) is 23.8 Å². The average molecular weight is 268 g/mol. The molecule has 3 nitrogen and oxygen atoms in total. The van der Waals surface area contributed by atoms with Crippen molar-refractivity contribution < 1.29 is 4.79 Å². The second-order valence-corrected chi connectivity index (χ2v) is 6.22. The molecule has 5 N–H and O–H groups in total. The van der Waals surface area contributed by atoms with Crippen molar-refractivity contribution in [3.05, 3.63) is 35.4 Å². The van der Waals surface area contributed by atoms with E-state index in [0.717, 1.165) is 18.4 Å². The molecule has 0 saturated carbocycles. The number of nitrogens with two attached hydrogens (primary N) is 1. The van der Waals surface area contributed by atoms with Gasteiger partial charge in [-0.2, -0.15) is 0 Å². The lowest BCUT2D eigenvalue weighted by Gasteiger charge is -2.21. The maximum Gasteiger partial charge on any atom is 0.178 e. The van der Waals surface area contributed by atoms with Crippen LogP contribution in [0.4, 0.5) is 0 Å². The molecule has 0 bridgehead atoms. The summed E-state index contributed by atoms with van der Waals surface area (Å²) in [4.78, 5) is 11.1. The van der Waals surface area contributed by atoms with Gasteiger partial charge in [-0.1, -0.05) is 54.3 Å². The third-order valence-electron chi connectivity index (χ3n) is 2.83. The molecular weight excluding hydrogens is 243 g/mol. The number of hydrogen-bond acceptors (Lipinski definition) is 3. The first-order valence-electron chi connectivity index (χ1n) is 5.95. The minimum Gasteiger partial charge on any atom is -0.344 e. The quantitative estimate of drug-likeness (QED) is 0.817. The van der Waals surface area contributed by atoms with Crippen molar-refractivity contribution in [2.24, 2.45) is 11.1 Å². The van der Waals surface area contributed by atoms with Gasteiger partial charge in [0.25, 0.3) is 0 Å². The Balaban J connectivity index is 0.00000289. The van der Waals surface area contributed by atoms with Crippen LogP contribution < -0.4 is 11.9 Å². The zero-order valence-electron chi connectivity index (χ0n) is 11.6. The van der Waals surface area contributed by atoms with Crippen LogP contribution in [-0.2, 0) is 0 Å². The van der Waals surface area contributed by atoms with Crippen LogP contribution in [0.2, 0.25) is 0 Å². The van der Waals surface area contributed by atoms with Gasteiger partial charge in [-0.25, -0.2) is 0 Å². The molecule has 0 radical (unpaired) electrons. The number of carbonyl (C=O) groups excluding carboxylic acids is 1.